The molecule has 21 heavy (non-hydrogen) atoms. The second kappa shape index (κ2) is 7.11. The zero-order valence-electron chi connectivity index (χ0n) is 13.8. The van der Waals surface area contributed by atoms with Gasteiger partial charge in [-0.05, 0) is 40.5 Å². The molecule has 0 aliphatic carbocycles. The van der Waals surface area contributed by atoms with Gasteiger partial charge in [-0.1, -0.05) is 6.92 Å². The van der Waals surface area contributed by atoms with Crippen molar-refractivity contribution < 1.29 is 19.1 Å². The molecule has 1 N–H and O–H groups in total. The average Bonchev–Trinajstić information content (AvgIpc) is 2.75. The number of carbonyl (C=O) groups is 2. The largest absolute Gasteiger partial charge is 0.444 e. The molecule has 1 rings (SSSR count). The van der Waals surface area contributed by atoms with E-state index in [2.05, 4.69) is 5.32 Å². The lowest BCUT2D eigenvalue weighted by molar-refractivity contribution is -0.131. The minimum atomic E-state index is -0.503. The fourth-order valence-corrected chi connectivity index (χ4v) is 2.09. The van der Waals surface area contributed by atoms with Crippen LogP contribution in [0.4, 0.5) is 4.79 Å². The lowest BCUT2D eigenvalue weighted by Crippen LogP contribution is -2.40. The highest BCUT2D eigenvalue weighted by atomic mass is 16.6. The number of hydrogen-bond donors (Lipinski definition) is 1. The Balaban J connectivity index is 2.41. The average molecular weight is 300 g/mol. The second-order valence-electron chi connectivity index (χ2n) is 6.74. The molecule has 1 heterocycles. The monoisotopic (exact) mass is 300 g/mol. The van der Waals surface area contributed by atoms with E-state index >= 15 is 0 Å². The van der Waals surface area contributed by atoms with Crippen molar-refractivity contribution in [2.75, 3.05) is 26.2 Å². The molecule has 0 aromatic rings. The van der Waals surface area contributed by atoms with Crippen LogP contribution in [0.2, 0.25) is 0 Å². The third-order valence-corrected chi connectivity index (χ3v) is 3.21. The molecule has 0 bridgehead atoms. The normalized spacial score (nSPS) is 22.2. The van der Waals surface area contributed by atoms with Crippen LogP contribution < -0.4 is 5.32 Å². The SMILES string of the molecule is CCCNC(=O)COC1(C)CCN(C(=O)OC(C)(C)C)C1. The number of hydrogen-bond acceptors (Lipinski definition) is 4. The van der Waals surface area contributed by atoms with E-state index in [4.69, 9.17) is 9.47 Å². The van der Waals surface area contributed by atoms with Crippen molar-refractivity contribution in [1.82, 2.24) is 10.2 Å². The summed E-state index contributed by atoms with van der Waals surface area (Å²) in [4.78, 5) is 25.2. The van der Waals surface area contributed by atoms with Crippen LogP contribution in [-0.4, -0.2) is 54.3 Å². The van der Waals surface area contributed by atoms with Crippen LogP contribution in [0, 0.1) is 0 Å². The summed E-state index contributed by atoms with van der Waals surface area (Å²) in [5, 5.41) is 2.77. The van der Waals surface area contributed by atoms with E-state index in [9.17, 15) is 9.59 Å². The first-order valence-corrected chi connectivity index (χ1v) is 7.54. The summed E-state index contributed by atoms with van der Waals surface area (Å²) in [5.41, 5.74) is -0.989. The van der Waals surface area contributed by atoms with Gasteiger partial charge in [-0.25, -0.2) is 4.79 Å². The Hall–Kier alpha value is -1.30. The predicted octanol–water partition coefficient (Wildman–Crippen LogP) is 1.93. The zero-order valence-corrected chi connectivity index (χ0v) is 13.8. The summed E-state index contributed by atoms with van der Waals surface area (Å²) in [6, 6.07) is 0. The maximum Gasteiger partial charge on any atom is 0.410 e. The van der Waals surface area contributed by atoms with Gasteiger partial charge in [0.25, 0.3) is 0 Å². The van der Waals surface area contributed by atoms with Crippen LogP contribution in [0.3, 0.4) is 0 Å². The van der Waals surface area contributed by atoms with E-state index < -0.39 is 11.2 Å². The Morgan fingerprint density at radius 3 is 2.57 bits per heavy atom. The molecule has 1 aliphatic rings. The first-order valence-electron chi connectivity index (χ1n) is 7.54. The quantitative estimate of drug-likeness (QED) is 0.842. The van der Waals surface area contributed by atoms with Crippen LogP contribution in [-0.2, 0) is 14.3 Å². The van der Waals surface area contributed by atoms with Gasteiger partial charge in [0, 0.05) is 13.1 Å². The number of ether oxygens (including phenoxy) is 2. The van der Waals surface area contributed by atoms with Gasteiger partial charge < -0.3 is 19.7 Å². The topological polar surface area (TPSA) is 67.9 Å². The molecule has 122 valence electrons. The molecule has 1 fully saturated rings. The van der Waals surface area contributed by atoms with Crippen LogP contribution in [0.5, 0.6) is 0 Å². The Morgan fingerprint density at radius 1 is 1.33 bits per heavy atom. The van der Waals surface area contributed by atoms with Crippen LogP contribution in [0.25, 0.3) is 0 Å². The maximum absolute atomic E-state index is 12.0. The van der Waals surface area contributed by atoms with Gasteiger partial charge in [-0.15, -0.1) is 0 Å². The molecular formula is C15H28N2O4. The molecule has 1 unspecified atom stereocenters. The highest BCUT2D eigenvalue weighted by Gasteiger charge is 2.38. The van der Waals surface area contributed by atoms with Crippen molar-refractivity contribution in [1.29, 1.82) is 0 Å². The van der Waals surface area contributed by atoms with Crippen LogP contribution in [0.1, 0.15) is 47.5 Å². The van der Waals surface area contributed by atoms with Crippen molar-refractivity contribution >= 4 is 12.0 Å². The molecule has 1 aliphatic heterocycles. The predicted molar refractivity (Wildman–Crippen MR) is 80.1 cm³/mol. The van der Waals surface area contributed by atoms with Gasteiger partial charge in [0.2, 0.25) is 5.91 Å². The molecule has 0 aromatic heterocycles. The molecule has 6 nitrogen and oxygen atoms in total. The number of nitrogens with one attached hydrogen (secondary N) is 1. The van der Waals surface area contributed by atoms with Gasteiger partial charge in [-0.2, -0.15) is 0 Å². The van der Waals surface area contributed by atoms with Gasteiger partial charge in [-0.3, -0.25) is 4.79 Å². The van der Waals surface area contributed by atoms with Crippen LogP contribution in [0.15, 0.2) is 0 Å². The van der Waals surface area contributed by atoms with Gasteiger partial charge >= 0.3 is 6.09 Å². The van der Waals surface area contributed by atoms with E-state index in [0.717, 1.165) is 6.42 Å². The highest BCUT2D eigenvalue weighted by Crippen LogP contribution is 2.26. The summed E-state index contributed by atoms with van der Waals surface area (Å²) in [6.45, 7) is 11.2. The summed E-state index contributed by atoms with van der Waals surface area (Å²) < 4.78 is 11.0. The fraction of sp³-hybridized carbons (Fsp3) is 0.867. The second-order valence-corrected chi connectivity index (χ2v) is 6.74. The maximum atomic E-state index is 12.0. The number of amides is 2. The number of nitrogens with zero attached hydrogens (tertiary/aromatic N) is 1. The van der Waals surface area contributed by atoms with E-state index in [1.54, 1.807) is 4.90 Å². The molecule has 0 radical (unpaired) electrons. The first-order chi connectivity index (χ1) is 9.65. The zero-order chi connectivity index (χ0) is 16.1. The standard InChI is InChI=1S/C15H28N2O4/c1-6-8-16-12(18)10-20-15(5)7-9-17(11-15)13(19)21-14(2,3)4/h6-11H2,1-5H3,(H,16,18). The Kier molecular flexibility index (Phi) is 6.01. The van der Waals surface area contributed by atoms with Crippen molar-refractivity contribution in [2.24, 2.45) is 0 Å². The molecule has 1 saturated heterocycles. The minimum absolute atomic E-state index is 0.0264. The third-order valence-electron chi connectivity index (χ3n) is 3.21. The van der Waals surface area contributed by atoms with Crippen molar-refractivity contribution in [3.63, 3.8) is 0 Å². The third kappa shape index (κ3) is 6.33. The molecule has 6 heteroatoms. The molecule has 0 aromatic carbocycles. The van der Waals surface area contributed by atoms with Gasteiger partial charge in [0.1, 0.15) is 12.2 Å². The smallest absolute Gasteiger partial charge is 0.410 e. The number of likely N-dealkylation sites (tertiary alicyclic amines) is 1. The van der Waals surface area contributed by atoms with E-state index in [0.29, 0.717) is 26.1 Å². The Morgan fingerprint density at radius 2 is 2.00 bits per heavy atom. The van der Waals surface area contributed by atoms with Crippen molar-refractivity contribution in [3.05, 3.63) is 0 Å². The number of rotatable bonds is 5. The molecular weight excluding hydrogens is 272 g/mol. The first kappa shape index (κ1) is 17.8. The van der Waals surface area contributed by atoms with Gasteiger partial charge in [0.15, 0.2) is 0 Å². The van der Waals surface area contributed by atoms with E-state index in [-0.39, 0.29) is 18.6 Å². The lowest BCUT2D eigenvalue weighted by Gasteiger charge is -2.27. The summed E-state index contributed by atoms with van der Waals surface area (Å²) in [5.74, 6) is -0.117. The van der Waals surface area contributed by atoms with E-state index in [1.165, 1.54) is 0 Å². The highest BCUT2D eigenvalue weighted by molar-refractivity contribution is 5.77. The Bertz CT molecular complexity index is 378. The number of carbonyl (C=O) groups excluding carboxylic acids is 2. The van der Waals surface area contributed by atoms with Crippen LogP contribution >= 0.6 is 0 Å². The summed E-state index contributed by atoms with van der Waals surface area (Å²) >= 11 is 0. The lowest BCUT2D eigenvalue weighted by atomic mass is 10.1. The van der Waals surface area contributed by atoms with Gasteiger partial charge in [0.05, 0.1) is 12.1 Å². The molecule has 0 saturated carbocycles. The molecule has 2 amide bonds. The van der Waals surface area contributed by atoms with E-state index in [1.807, 2.05) is 34.6 Å². The summed E-state index contributed by atoms with van der Waals surface area (Å²) in [6.07, 6.45) is 1.27. The minimum Gasteiger partial charge on any atom is -0.444 e. The van der Waals surface area contributed by atoms with Crippen molar-refractivity contribution in [3.8, 4) is 0 Å². The molecule has 0 spiro atoms. The fourth-order valence-electron chi connectivity index (χ4n) is 2.09. The molecule has 1 atom stereocenters. The van der Waals surface area contributed by atoms with Crippen molar-refractivity contribution in [2.45, 2.75) is 58.7 Å². The Labute approximate surface area is 127 Å². The summed E-state index contributed by atoms with van der Waals surface area (Å²) in [7, 11) is 0.